The maximum atomic E-state index is 3.89. The summed E-state index contributed by atoms with van der Waals surface area (Å²) >= 11 is 0. The molecule has 0 aromatic carbocycles. The summed E-state index contributed by atoms with van der Waals surface area (Å²) in [7, 11) is 4.08. The van der Waals surface area contributed by atoms with Gasteiger partial charge in [0.25, 0.3) is 0 Å². The predicted molar refractivity (Wildman–Crippen MR) is 40.5 cm³/mol. The first-order valence-corrected chi connectivity index (χ1v) is 3.25. The van der Waals surface area contributed by atoms with Crippen molar-refractivity contribution in [1.29, 1.82) is 0 Å². The van der Waals surface area contributed by atoms with E-state index in [0.29, 0.717) is 0 Å². The fourth-order valence-electron chi connectivity index (χ4n) is 0.809. The topological polar surface area (TPSA) is 16.1 Å². The first kappa shape index (κ1) is 7.22. The summed E-state index contributed by atoms with van der Waals surface area (Å²) in [6, 6.07) is 3.85. The molecule has 10 heavy (non-hydrogen) atoms. The lowest BCUT2D eigenvalue weighted by Crippen LogP contribution is -2.10. The molecule has 0 saturated heterocycles. The Balaban J connectivity index is 2.59. The van der Waals surface area contributed by atoms with Crippen LogP contribution < -0.4 is 0 Å². The van der Waals surface area contributed by atoms with Crippen molar-refractivity contribution in [2.45, 2.75) is 6.54 Å². The van der Waals surface area contributed by atoms with Gasteiger partial charge in [0.15, 0.2) is 0 Å². The van der Waals surface area contributed by atoms with Gasteiger partial charge in [-0.2, -0.15) is 0 Å². The Morgan fingerprint density at radius 1 is 1.60 bits per heavy atom. The monoisotopic (exact) mass is 135 g/mol. The Labute approximate surface area is 61.5 Å². The average molecular weight is 135 g/mol. The second-order valence-corrected chi connectivity index (χ2v) is 2.53. The lowest BCUT2D eigenvalue weighted by atomic mass is 10.3. The molecule has 1 aromatic heterocycles. The second kappa shape index (κ2) is 3.32. The van der Waals surface area contributed by atoms with Crippen molar-refractivity contribution >= 4 is 0 Å². The van der Waals surface area contributed by atoms with Crippen molar-refractivity contribution in [3.05, 3.63) is 30.1 Å². The first-order chi connectivity index (χ1) is 4.79. The van der Waals surface area contributed by atoms with Gasteiger partial charge in [-0.1, -0.05) is 6.07 Å². The maximum absolute atomic E-state index is 3.89. The quantitative estimate of drug-likeness (QED) is 0.600. The van der Waals surface area contributed by atoms with Crippen LogP contribution in [0.4, 0.5) is 0 Å². The van der Waals surface area contributed by atoms with Crippen LogP contribution in [0.1, 0.15) is 5.56 Å². The number of pyridine rings is 1. The predicted octanol–water partition coefficient (Wildman–Crippen LogP) is 0.943. The Morgan fingerprint density at radius 2 is 2.40 bits per heavy atom. The molecule has 0 fully saturated rings. The van der Waals surface area contributed by atoms with Gasteiger partial charge in [0.2, 0.25) is 0 Å². The van der Waals surface area contributed by atoms with E-state index in [2.05, 4.69) is 16.1 Å². The second-order valence-electron chi connectivity index (χ2n) is 2.53. The highest BCUT2D eigenvalue weighted by Gasteiger charge is 1.91. The fourth-order valence-corrected chi connectivity index (χ4v) is 0.809. The Bertz CT molecular complexity index is 182. The molecule has 0 spiro atoms. The van der Waals surface area contributed by atoms with Crippen LogP contribution in [-0.4, -0.2) is 24.0 Å². The van der Waals surface area contributed by atoms with Gasteiger partial charge in [-0.25, -0.2) is 0 Å². The van der Waals surface area contributed by atoms with Gasteiger partial charge < -0.3 is 4.90 Å². The molecule has 53 valence electrons. The fraction of sp³-hybridized carbons (Fsp3) is 0.375. The van der Waals surface area contributed by atoms with E-state index < -0.39 is 0 Å². The van der Waals surface area contributed by atoms with Crippen molar-refractivity contribution < 1.29 is 0 Å². The van der Waals surface area contributed by atoms with Crippen molar-refractivity contribution in [1.82, 2.24) is 9.88 Å². The molecule has 1 rings (SSSR count). The van der Waals surface area contributed by atoms with Crippen LogP contribution in [0.15, 0.2) is 18.3 Å². The molecule has 0 unspecified atom stereocenters. The summed E-state index contributed by atoms with van der Waals surface area (Å²) in [4.78, 5) is 5.99. The van der Waals surface area contributed by atoms with E-state index in [1.54, 1.807) is 0 Å². The molecule has 0 amide bonds. The minimum Gasteiger partial charge on any atom is -0.305 e. The van der Waals surface area contributed by atoms with Crippen LogP contribution in [0.3, 0.4) is 0 Å². The molecule has 0 atom stereocenters. The number of hydrogen-bond donors (Lipinski definition) is 0. The largest absolute Gasteiger partial charge is 0.305 e. The van der Waals surface area contributed by atoms with Gasteiger partial charge in [-0.05, 0) is 25.7 Å². The first-order valence-electron chi connectivity index (χ1n) is 3.25. The zero-order chi connectivity index (χ0) is 7.40. The van der Waals surface area contributed by atoms with Crippen LogP contribution in [0, 0.1) is 6.20 Å². The molecule has 0 aliphatic carbocycles. The maximum Gasteiger partial charge on any atom is 0.0886 e. The summed E-state index contributed by atoms with van der Waals surface area (Å²) in [5.41, 5.74) is 1.23. The Hall–Kier alpha value is -0.890. The summed E-state index contributed by atoms with van der Waals surface area (Å²) < 4.78 is 0. The summed E-state index contributed by atoms with van der Waals surface area (Å²) in [5, 5.41) is 0. The molecule has 1 aromatic rings. The zero-order valence-electron chi connectivity index (χ0n) is 6.33. The van der Waals surface area contributed by atoms with Crippen LogP contribution >= 0.6 is 0 Å². The molecule has 0 aliphatic heterocycles. The van der Waals surface area contributed by atoms with Crippen LogP contribution in [0.5, 0.6) is 0 Å². The molecule has 0 aliphatic rings. The molecule has 2 heteroatoms. The Kier molecular flexibility index (Phi) is 2.40. The minimum absolute atomic E-state index is 0.946. The van der Waals surface area contributed by atoms with E-state index in [-0.39, 0.29) is 0 Å². The van der Waals surface area contributed by atoms with Crippen molar-refractivity contribution in [3.63, 3.8) is 0 Å². The van der Waals surface area contributed by atoms with E-state index >= 15 is 0 Å². The third kappa shape index (κ3) is 2.15. The normalized spacial score (nSPS) is 10.3. The molecular weight excluding hydrogens is 124 g/mol. The summed E-state index contributed by atoms with van der Waals surface area (Å²) in [6.07, 6.45) is 4.57. The molecule has 1 heterocycles. The summed E-state index contributed by atoms with van der Waals surface area (Å²) in [5.74, 6) is 0. The van der Waals surface area contributed by atoms with Gasteiger partial charge in [0.1, 0.15) is 0 Å². The van der Waals surface area contributed by atoms with E-state index in [0.717, 1.165) is 6.54 Å². The van der Waals surface area contributed by atoms with Gasteiger partial charge in [-0.3, -0.25) is 4.98 Å². The lowest BCUT2D eigenvalue weighted by Gasteiger charge is -2.07. The lowest BCUT2D eigenvalue weighted by molar-refractivity contribution is 0.402. The molecule has 0 bridgehead atoms. The highest BCUT2D eigenvalue weighted by Crippen LogP contribution is 1.96. The molecule has 1 radical (unpaired) electrons. The molecule has 0 N–H and O–H groups in total. The van der Waals surface area contributed by atoms with Gasteiger partial charge in [0, 0.05) is 12.7 Å². The third-order valence-corrected chi connectivity index (χ3v) is 1.18. The van der Waals surface area contributed by atoms with E-state index in [1.165, 1.54) is 5.56 Å². The van der Waals surface area contributed by atoms with E-state index in [9.17, 15) is 0 Å². The molecule has 2 nitrogen and oxygen atoms in total. The molecule has 0 saturated carbocycles. The SMILES string of the molecule is CN(C)Cc1cc[c]nc1. The van der Waals surface area contributed by atoms with Crippen molar-refractivity contribution in [3.8, 4) is 0 Å². The van der Waals surface area contributed by atoms with Crippen LogP contribution in [0.25, 0.3) is 0 Å². The van der Waals surface area contributed by atoms with Crippen LogP contribution in [0.2, 0.25) is 0 Å². The highest BCUT2D eigenvalue weighted by molar-refractivity contribution is 5.06. The van der Waals surface area contributed by atoms with E-state index in [1.807, 2.05) is 32.4 Å². The number of aromatic nitrogens is 1. The number of hydrogen-bond acceptors (Lipinski definition) is 2. The van der Waals surface area contributed by atoms with Crippen LogP contribution in [-0.2, 0) is 6.54 Å². The summed E-state index contributed by atoms with van der Waals surface area (Å²) in [6.45, 7) is 0.946. The zero-order valence-corrected chi connectivity index (χ0v) is 6.33. The molecular formula is C8H11N2. The highest BCUT2D eigenvalue weighted by atomic mass is 15.0. The minimum atomic E-state index is 0.946. The Morgan fingerprint density at radius 3 is 2.90 bits per heavy atom. The van der Waals surface area contributed by atoms with Gasteiger partial charge in [0.05, 0.1) is 6.20 Å². The number of rotatable bonds is 2. The van der Waals surface area contributed by atoms with E-state index in [4.69, 9.17) is 0 Å². The third-order valence-electron chi connectivity index (χ3n) is 1.18. The van der Waals surface area contributed by atoms with Crippen molar-refractivity contribution in [2.24, 2.45) is 0 Å². The van der Waals surface area contributed by atoms with Crippen molar-refractivity contribution in [2.75, 3.05) is 14.1 Å². The standard InChI is InChI=1S/C8H11N2/c1-10(2)7-8-4-3-5-9-6-8/h3-4,6H,7H2,1-2H3. The number of nitrogens with zero attached hydrogens (tertiary/aromatic N) is 2. The smallest absolute Gasteiger partial charge is 0.0886 e. The van der Waals surface area contributed by atoms with Gasteiger partial charge in [-0.15, -0.1) is 0 Å². The average Bonchev–Trinajstić information content (AvgIpc) is 1.88. The van der Waals surface area contributed by atoms with Gasteiger partial charge >= 0.3 is 0 Å².